The number of piperidine rings is 1. The van der Waals surface area contributed by atoms with Crippen molar-refractivity contribution in [2.75, 3.05) is 19.7 Å². The van der Waals surface area contributed by atoms with Crippen LogP contribution in [-0.2, 0) is 17.9 Å². The number of nitrogens with zero attached hydrogens (tertiary/aromatic N) is 1. The number of carbonyl (C=O) groups excluding carboxylic acids is 1. The van der Waals surface area contributed by atoms with E-state index >= 15 is 0 Å². The predicted octanol–water partition coefficient (Wildman–Crippen LogP) is 1.53. The third-order valence-corrected chi connectivity index (χ3v) is 3.91. The van der Waals surface area contributed by atoms with E-state index in [4.69, 9.17) is 5.11 Å². The second-order valence-electron chi connectivity index (χ2n) is 5.71. The quantitative estimate of drug-likeness (QED) is 0.857. The Morgan fingerprint density at radius 2 is 2.05 bits per heavy atom. The molecule has 0 atom stereocenters. The molecule has 0 spiro atoms. The highest BCUT2D eigenvalue weighted by Gasteiger charge is 2.15. The third-order valence-electron chi connectivity index (χ3n) is 3.91. The minimum atomic E-state index is -0.453. The van der Waals surface area contributed by atoms with Crippen LogP contribution in [0.3, 0.4) is 0 Å². The Bertz CT molecular complexity index is 440. The van der Waals surface area contributed by atoms with Crippen molar-refractivity contribution < 1.29 is 9.90 Å². The summed E-state index contributed by atoms with van der Waals surface area (Å²) in [5.74, 6) is 0.520. The zero-order valence-electron chi connectivity index (χ0n) is 12.1. The van der Waals surface area contributed by atoms with Crippen molar-refractivity contribution in [1.29, 1.82) is 0 Å². The molecule has 2 N–H and O–H groups in total. The number of likely N-dealkylation sites (tertiary alicyclic amines) is 1. The summed E-state index contributed by atoms with van der Waals surface area (Å²) in [6.45, 7) is 5.67. The van der Waals surface area contributed by atoms with E-state index in [9.17, 15) is 4.79 Å². The molecular weight excluding hydrogens is 252 g/mol. The molecule has 0 saturated carbocycles. The summed E-state index contributed by atoms with van der Waals surface area (Å²) in [6.07, 6.45) is 2.57. The van der Waals surface area contributed by atoms with Crippen LogP contribution in [0.4, 0.5) is 0 Å². The van der Waals surface area contributed by atoms with Crippen LogP contribution in [0, 0.1) is 5.92 Å². The van der Waals surface area contributed by atoms with Gasteiger partial charge in [0.2, 0.25) is 5.91 Å². The molecule has 1 saturated heterocycles. The fourth-order valence-corrected chi connectivity index (χ4v) is 2.57. The van der Waals surface area contributed by atoms with Crippen LogP contribution in [0.25, 0.3) is 0 Å². The second-order valence-corrected chi connectivity index (χ2v) is 5.71. The molecule has 0 unspecified atom stereocenters. The SMILES string of the molecule is CC1CCN(Cc2cccc(CNC(=O)CO)c2)CC1. The lowest BCUT2D eigenvalue weighted by Gasteiger charge is -2.30. The minimum Gasteiger partial charge on any atom is -0.387 e. The molecule has 1 aliphatic rings. The number of aliphatic hydroxyl groups is 1. The maximum absolute atomic E-state index is 11.0. The summed E-state index contributed by atoms with van der Waals surface area (Å²) < 4.78 is 0. The maximum Gasteiger partial charge on any atom is 0.245 e. The van der Waals surface area contributed by atoms with Crippen molar-refractivity contribution in [3.8, 4) is 0 Å². The van der Waals surface area contributed by atoms with Gasteiger partial charge in [0.1, 0.15) is 6.61 Å². The highest BCUT2D eigenvalue weighted by Crippen LogP contribution is 2.18. The number of hydrogen-bond acceptors (Lipinski definition) is 3. The van der Waals surface area contributed by atoms with Gasteiger partial charge in [0.25, 0.3) is 0 Å². The molecular formula is C16H24N2O2. The van der Waals surface area contributed by atoms with Crippen LogP contribution in [0.5, 0.6) is 0 Å². The first-order valence-corrected chi connectivity index (χ1v) is 7.35. The second kappa shape index (κ2) is 7.41. The average molecular weight is 276 g/mol. The summed E-state index contributed by atoms with van der Waals surface area (Å²) in [4.78, 5) is 13.5. The van der Waals surface area contributed by atoms with Crippen LogP contribution in [0.15, 0.2) is 24.3 Å². The lowest BCUT2D eigenvalue weighted by molar-refractivity contribution is -0.123. The molecule has 1 aromatic carbocycles. The Balaban J connectivity index is 1.87. The number of carbonyl (C=O) groups is 1. The molecule has 1 fully saturated rings. The fourth-order valence-electron chi connectivity index (χ4n) is 2.57. The predicted molar refractivity (Wildman–Crippen MR) is 79.0 cm³/mol. The Morgan fingerprint density at radius 3 is 2.75 bits per heavy atom. The van der Waals surface area contributed by atoms with Crippen molar-refractivity contribution in [3.05, 3.63) is 35.4 Å². The molecule has 20 heavy (non-hydrogen) atoms. The Morgan fingerprint density at radius 1 is 1.35 bits per heavy atom. The van der Waals surface area contributed by atoms with E-state index in [0.717, 1.165) is 18.0 Å². The monoisotopic (exact) mass is 276 g/mol. The van der Waals surface area contributed by atoms with Crippen molar-refractivity contribution in [2.45, 2.75) is 32.9 Å². The Kier molecular flexibility index (Phi) is 5.56. The van der Waals surface area contributed by atoms with Crippen LogP contribution in [0.2, 0.25) is 0 Å². The van der Waals surface area contributed by atoms with E-state index in [1.807, 2.05) is 12.1 Å². The van der Waals surface area contributed by atoms with Crippen molar-refractivity contribution in [3.63, 3.8) is 0 Å². The van der Waals surface area contributed by atoms with Gasteiger partial charge < -0.3 is 10.4 Å². The summed E-state index contributed by atoms with van der Waals surface area (Å²) in [5, 5.41) is 11.4. The van der Waals surface area contributed by atoms with Gasteiger partial charge in [-0.3, -0.25) is 9.69 Å². The van der Waals surface area contributed by atoms with E-state index in [2.05, 4.69) is 29.3 Å². The largest absolute Gasteiger partial charge is 0.387 e. The van der Waals surface area contributed by atoms with Gasteiger partial charge in [0.05, 0.1) is 0 Å². The van der Waals surface area contributed by atoms with Crippen molar-refractivity contribution >= 4 is 5.91 Å². The zero-order valence-corrected chi connectivity index (χ0v) is 12.1. The number of nitrogens with one attached hydrogen (secondary N) is 1. The van der Waals surface area contributed by atoms with Crippen LogP contribution < -0.4 is 5.32 Å². The van der Waals surface area contributed by atoms with Gasteiger partial charge in [-0.2, -0.15) is 0 Å². The van der Waals surface area contributed by atoms with Gasteiger partial charge in [0, 0.05) is 13.1 Å². The standard InChI is InChI=1S/C16H24N2O2/c1-13-5-7-18(8-6-13)11-15-4-2-3-14(9-15)10-17-16(20)12-19/h2-4,9,13,19H,5-8,10-12H2,1H3,(H,17,20). The topological polar surface area (TPSA) is 52.6 Å². The number of hydrogen-bond donors (Lipinski definition) is 2. The highest BCUT2D eigenvalue weighted by atomic mass is 16.3. The molecule has 1 aliphatic heterocycles. The lowest BCUT2D eigenvalue weighted by Crippen LogP contribution is -2.32. The van der Waals surface area contributed by atoms with E-state index in [1.165, 1.54) is 31.5 Å². The highest BCUT2D eigenvalue weighted by molar-refractivity contribution is 5.76. The number of amides is 1. The first-order chi connectivity index (χ1) is 9.67. The lowest BCUT2D eigenvalue weighted by atomic mass is 9.98. The molecule has 0 aliphatic carbocycles. The normalized spacial score (nSPS) is 17.1. The average Bonchev–Trinajstić information content (AvgIpc) is 2.47. The molecule has 0 aromatic heterocycles. The molecule has 0 radical (unpaired) electrons. The molecule has 110 valence electrons. The molecule has 0 bridgehead atoms. The van der Waals surface area contributed by atoms with E-state index in [1.54, 1.807) is 0 Å². The van der Waals surface area contributed by atoms with Crippen LogP contribution in [-0.4, -0.2) is 35.6 Å². The van der Waals surface area contributed by atoms with Gasteiger partial charge in [0.15, 0.2) is 0 Å². The summed E-state index contributed by atoms with van der Waals surface area (Å²) in [7, 11) is 0. The number of aliphatic hydroxyl groups excluding tert-OH is 1. The van der Waals surface area contributed by atoms with Gasteiger partial charge in [-0.05, 0) is 43.0 Å². The fraction of sp³-hybridized carbons (Fsp3) is 0.562. The molecule has 4 nitrogen and oxygen atoms in total. The summed E-state index contributed by atoms with van der Waals surface area (Å²) >= 11 is 0. The molecule has 1 heterocycles. The summed E-state index contributed by atoms with van der Waals surface area (Å²) in [5.41, 5.74) is 2.37. The van der Waals surface area contributed by atoms with Crippen LogP contribution in [0.1, 0.15) is 30.9 Å². The minimum absolute atomic E-state index is 0.333. The zero-order chi connectivity index (χ0) is 14.4. The van der Waals surface area contributed by atoms with Gasteiger partial charge in [-0.25, -0.2) is 0 Å². The van der Waals surface area contributed by atoms with Crippen molar-refractivity contribution in [1.82, 2.24) is 10.2 Å². The van der Waals surface area contributed by atoms with Gasteiger partial charge in [-0.15, -0.1) is 0 Å². The van der Waals surface area contributed by atoms with Gasteiger partial charge in [-0.1, -0.05) is 31.2 Å². The van der Waals surface area contributed by atoms with Crippen molar-refractivity contribution in [2.24, 2.45) is 5.92 Å². The van der Waals surface area contributed by atoms with E-state index < -0.39 is 6.61 Å². The number of benzene rings is 1. The van der Waals surface area contributed by atoms with E-state index in [0.29, 0.717) is 6.54 Å². The Hall–Kier alpha value is -1.39. The summed E-state index contributed by atoms with van der Waals surface area (Å²) in [6, 6.07) is 8.30. The Labute approximate surface area is 120 Å². The molecule has 1 amide bonds. The first kappa shape index (κ1) is 15.0. The molecule has 2 rings (SSSR count). The number of rotatable bonds is 5. The third kappa shape index (κ3) is 4.62. The maximum atomic E-state index is 11.0. The van der Waals surface area contributed by atoms with E-state index in [-0.39, 0.29) is 5.91 Å². The molecule has 4 heteroatoms. The smallest absolute Gasteiger partial charge is 0.245 e. The molecule has 1 aromatic rings. The van der Waals surface area contributed by atoms with Crippen LogP contribution >= 0.6 is 0 Å². The first-order valence-electron chi connectivity index (χ1n) is 7.35. The van der Waals surface area contributed by atoms with Gasteiger partial charge >= 0.3 is 0 Å².